The van der Waals surface area contributed by atoms with Crippen LogP contribution in [0.1, 0.15) is 77.3 Å². The predicted molar refractivity (Wildman–Crippen MR) is 162 cm³/mol. The molecule has 46 heavy (non-hydrogen) atoms. The summed E-state index contributed by atoms with van der Waals surface area (Å²) in [4.78, 5) is 63.1. The Balaban J connectivity index is 1.40. The van der Waals surface area contributed by atoms with Gasteiger partial charge in [0.25, 0.3) is 11.8 Å². The number of benzene rings is 1. The number of amides is 4. The van der Waals surface area contributed by atoms with Crippen LogP contribution in [0.25, 0.3) is 0 Å². The van der Waals surface area contributed by atoms with E-state index in [2.05, 4.69) is 36.2 Å². The fourth-order valence-corrected chi connectivity index (χ4v) is 5.08. The van der Waals surface area contributed by atoms with Crippen LogP contribution in [0, 0.1) is 5.92 Å². The second kappa shape index (κ2) is 15.1. The third kappa shape index (κ3) is 8.64. The number of aromatic nitrogens is 5. The fraction of sp³-hybridized carbons (Fsp3) is 0.419. The van der Waals surface area contributed by atoms with Crippen molar-refractivity contribution in [2.75, 3.05) is 13.1 Å². The predicted octanol–water partition coefficient (Wildman–Crippen LogP) is 2.05. The number of aryl methyl sites for hydroxylation is 1. The number of nitrogens with zero attached hydrogens (tertiary/aromatic N) is 6. The molecule has 0 fully saturated rings. The standard InChI is InChI=1S/C31H37N9O6/c1-20(2)13-25-31-37-26(17-45-31)30(44)35-23(14-21-7-4-3-5-8-21)28(42)33-10-12-39(16-22-15-24(38-46-22)29(43)36-25)27(41)9-6-11-40-19-32-18-34-40/h3-5,7-8,15,17-20,23,25H,6,9-14,16H2,1-2H3,(H,33,42)(H,35,44)(H,36,43)/t23-,25+/m0/s1. The molecule has 15 heteroatoms. The van der Waals surface area contributed by atoms with Gasteiger partial charge in [-0.25, -0.2) is 9.97 Å². The summed E-state index contributed by atoms with van der Waals surface area (Å²) in [6.45, 7) is 4.74. The van der Waals surface area contributed by atoms with Gasteiger partial charge in [-0.05, 0) is 24.3 Å². The van der Waals surface area contributed by atoms with E-state index in [0.29, 0.717) is 25.1 Å². The lowest BCUT2D eigenvalue weighted by atomic mass is 10.0. The van der Waals surface area contributed by atoms with E-state index in [1.165, 1.54) is 23.6 Å². The van der Waals surface area contributed by atoms with Crippen LogP contribution in [0.5, 0.6) is 0 Å². The Labute approximate surface area is 265 Å². The van der Waals surface area contributed by atoms with Gasteiger partial charge in [0, 0.05) is 38.5 Å². The Kier molecular flexibility index (Phi) is 10.5. The zero-order valence-electron chi connectivity index (χ0n) is 25.7. The molecule has 5 rings (SSSR count). The van der Waals surface area contributed by atoms with E-state index >= 15 is 0 Å². The molecule has 3 aromatic heterocycles. The number of oxazole rings is 1. The third-order valence-electron chi connectivity index (χ3n) is 7.39. The monoisotopic (exact) mass is 631 g/mol. The average Bonchev–Trinajstić information content (AvgIpc) is 3.82. The Morgan fingerprint density at radius 1 is 1.07 bits per heavy atom. The summed E-state index contributed by atoms with van der Waals surface area (Å²) in [5.74, 6) is -1.15. The maximum absolute atomic E-state index is 13.4. The van der Waals surface area contributed by atoms with Crippen LogP contribution in [0.3, 0.4) is 0 Å². The van der Waals surface area contributed by atoms with Crippen LogP contribution in [0.2, 0.25) is 0 Å². The number of carbonyl (C=O) groups excluding carboxylic acids is 4. The van der Waals surface area contributed by atoms with Crippen molar-refractivity contribution in [1.29, 1.82) is 0 Å². The Morgan fingerprint density at radius 2 is 1.85 bits per heavy atom. The molecule has 1 aliphatic heterocycles. The number of nitrogens with one attached hydrogen (secondary N) is 3. The Morgan fingerprint density at radius 3 is 2.61 bits per heavy atom. The molecule has 0 radical (unpaired) electrons. The number of fused-ring (bicyclic) bond motifs is 4. The molecule has 0 saturated carbocycles. The summed E-state index contributed by atoms with van der Waals surface area (Å²) in [5.41, 5.74) is 0.831. The number of hydrogen-bond donors (Lipinski definition) is 3. The van der Waals surface area contributed by atoms with Crippen molar-refractivity contribution in [3.8, 4) is 0 Å². The van der Waals surface area contributed by atoms with Gasteiger partial charge in [0.1, 0.15) is 31.0 Å². The summed E-state index contributed by atoms with van der Waals surface area (Å²) in [5, 5.41) is 16.5. The summed E-state index contributed by atoms with van der Waals surface area (Å²) in [6, 6.07) is 9.17. The number of rotatable bonds is 8. The molecule has 1 aromatic carbocycles. The first-order chi connectivity index (χ1) is 22.2. The van der Waals surface area contributed by atoms with E-state index in [4.69, 9.17) is 8.94 Å². The molecule has 4 amide bonds. The van der Waals surface area contributed by atoms with Crippen molar-refractivity contribution >= 4 is 23.6 Å². The molecule has 0 aliphatic carbocycles. The van der Waals surface area contributed by atoms with Crippen molar-refractivity contribution in [1.82, 2.24) is 45.8 Å². The maximum Gasteiger partial charge on any atom is 0.274 e. The summed E-state index contributed by atoms with van der Waals surface area (Å²) in [7, 11) is 0. The van der Waals surface area contributed by atoms with Gasteiger partial charge in [0.05, 0.1) is 6.54 Å². The van der Waals surface area contributed by atoms with E-state index in [-0.39, 0.29) is 61.6 Å². The lowest BCUT2D eigenvalue weighted by Crippen LogP contribution is -2.49. The van der Waals surface area contributed by atoms with Crippen LogP contribution in [0.15, 0.2) is 64.3 Å². The van der Waals surface area contributed by atoms with Crippen LogP contribution >= 0.6 is 0 Å². The number of hydrogen-bond acceptors (Lipinski definition) is 10. The van der Waals surface area contributed by atoms with E-state index in [0.717, 1.165) is 5.56 Å². The number of carbonyl (C=O) groups is 4. The second-order valence-corrected chi connectivity index (χ2v) is 11.5. The van der Waals surface area contributed by atoms with Crippen LogP contribution in [-0.4, -0.2) is 72.6 Å². The topological polar surface area (TPSA) is 190 Å². The molecule has 4 aromatic rings. The molecule has 242 valence electrons. The van der Waals surface area contributed by atoms with Crippen LogP contribution in [-0.2, 0) is 29.1 Å². The van der Waals surface area contributed by atoms with Gasteiger partial charge in [-0.15, -0.1) is 0 Å². The minimum absolute atomic E-state index is 0.0185. The molecule has 0 saturated heterocycles. The van der Waals surface area contributed by atoms with Gasteiger partial charge < -0.3 is 29.8 Å². The normalized spacial score (nSPS) is 18.0. The van der Waals surface area contributed by atoms with Crippen molar-refractivity contribution in [2.45, 2.75) is 64.7 Å². The first kappa shape index (κ1) is 32.1. The molecule has 1 aliphatic rings. The molecular formula is C31H37N9O6. The van der Waals surface area contributed by atoms with Crippen molar-refractivity contribution < 1.29 is 28.1 Å². The zero-order chi connectivity index (χ0) is 32.5. The van der Waals surface area contributed by atoms with Crippen molar-refractivity contribution in [3.63, 3.8) is 0 Å². The van der Waals surface area contributed by atoms with Crippen molar-refractivity contribution in [3.05, 3.63) is 83.9 Å². The molecule has 15 nitrogen and oxygen atoms in total. The first-order valence-corrected chi connectivity index (χ1v) is 15.2. The Bertz CT molecular complexity index is 1620. The van der Waals surface area contributed by atoms with E-state index < -0.39 is 29.8 Å². The van der Waals surface area contributed by atoms with E-state index in [1.807, 2.05) is 44.2 Å². The molecule has 0 spiro atoms. The van der Waals surface area contributed by atoms with E-state index in [1.54, 1.807) is 11.0 Å². The highest BCUT2D eigenvalue weighted by Crippen LogP contribution is 2.22. The zero-order valence-corrected chi connectivity index (χ0v) is 25.7. The molecular weight excluding hydrogens is 594 g/mol. The lowest BCUT2D eigenvalue weighted by Gasteiger charge is -2.23. The SMILES string of the molecule is CC(C)C[C@H]1NC(=O)c2cc(on2)CN(C(=O)CCCn2cncn2)CCNC(=O)[C@H](Cc2ccccc2)NC(=O)c2coc1n2. The summed E-state index contributed by atoms with van der Waals surface area (Å²) < 4.78 is 12.7. The highest BCUT2D eigenvalue weighted by molar-refractivity contribution is 5.96. The van der Waals surface area contributed by atoms with Gasteiger partial charge in [-0.3, -0.25) is 23.9 Å². The van der Waals surface area contributed by atoms with Gasteiger partial charge in [0.15, 0.2) is 17.1 Å². The van der Waals surface area contributed by atoms with Gasteiger partial charge in [-0.1, -0.05) is 49.3 Å². The maximum atomic E-state index is 13.4. The lowest BCUT2D eigenvalue weighted by molar-refractivity contribution is -0.132. The summed E-state index contributed by atoms with van der Waals surface area (Å²) in [6.07, 6.45) is 5.62. The highest BCUT2D eigenvalue weighted by Gasteiger charge is 2.28. The quantitative estimate of drug-likeness (QED) is 0.259. The average molecular weight is 632 g/mol. The molecule has 3 N–H and O–H groups in total. The third-order valence-corrected chi connectivity index (χ3v) is 7.39. The van der Waals surface area contributed by atoms with Gasteiger partial charge in [-0.2, -0.15) is 5.10 Å². The van der Waals surface area contributed by atoms with Gasteiger partial charge in [0.2, 0.25) is 17.7 Å². The summed E-state index contributed by atoms with van der Waals surface area (Å²) >= 11 is 0. The first-order valence-electron chi connectivity index (χ1n) is 15.2. The fourth-order valence-electron chi connectivity index (χ4n) is 5.08. The smallest absolute Gasteiger partial charge is 0.274 e. The Hall–Kier alpha value is -5.34. The molecule has 4 heterocycles. The van der Waals surface area contributed by atoms with Crippen molar-refractivity contribution in [2.24, 2.45) is 5.92 Å². The molecule has 4 bridgehead atoms. The van der Waals surface area contributed by atoms with Crippen LogP contribution in [0.4, 0.5) is 0 Å². The van der Waals surface area contributed by atoms with Gasteiger partial charge >= 0.3 is 0 Å². The molecule has 2 atom stereocenters. The second-order valence-electron chi connectivity index (χ2n) is 11.5. The van der Waals surface area contributed by atoms with Crippen LogP contribution < -0.4 is 16.0 Å². The minimum Gasteiger partial charge on any atom is -0.446 e. The molecule has 0 unspecified atom stereocenters. The van der Waals surface area contributed by atoms with E-state index in [9.17, 15) is 19.2 Å². The minimum atomic E-state index is -0.941. The highest BCUT2D eigenvalue weighted by atomic mass is 16.5. The largest absolute Gasteiger partial charge is 0.446 e.